The Labute approximate surface area is 38.4 Å². The van der Waals surface area contributed by atoms with Crippen LogP contribution in [-0.4, -0.2) is 10.1 Å². The lowest BCUT2D eigenvalue weighted by molar-refractivity contribution is 0.447. The van der Waals surface area contributed by atoms with Gasteiger partial charge < -0.3 is 9.52 Å². The molecule has 38 valence electrons. The van der Waals surface area contributed by atoms with Crippen molar-refractivity contribution in [1.29, 1.82) is 0 Å². The van der Waals surface area contributed by atoms with Gasteiger partial charge in [0.15, 0.2) is 6.26 Å². The van der Waals surface area contributed by atoms with Gasteiger partial charge in [0, 0.05) is 0 Å². The largest absolute Gasteiger partial charge is 0.492 e. The Bertz CT molecular complexity index is 198. The summed E-state index contributed by atoms with van der Waals surface area (Å²) >= 11 is 0. The zero-order valence-corrected chi connectivity index (χ0v) is 3.34. The first-order chi connectivity index (χ1) is 3.29. The second kappa shape index (κ2) is 1.14. The smallest absolute Gasteiger partial charge is 0.419 e. The zero-order chi connectivity index (χ0) is 5.28. The maximum Gasteiger partial charge on any atom is 0.419 e. The second-order valence-electron chi connectivity index (χ2n) is 1.03. The summed E-state index contributed by atoms with van der Waals surface area (Å²) in [5.74, 6) is -0.887. The minimum atomic E-state index is -0.641. The molecule has 0 aliphatic carbocycles. The maximum absolute atomic E-state index is 9.91. The molecule has 4 nitrogen and oxygen atoms in total. The monoisotopic (exact) mass is 101 g/mol. The van der Waals surface area contributed by atoms with Crippen LogP contribution in [0.4, 0.5) is 0 Å². The molecule has 0 unspecified atom stereocenters. The molecule has 0 saturated carbocycles. The van der Waals surface area contributed by atoms with Crippen LogP contribution in [0, 0.1) is 0 Å². The number of rotatable bonds is 0. The van der Waals surface area contributed by atoms with Gasteiger partial charge in [-0.15, -0.1) is 0 Å². The summed E-state index contributed by atoms with van der Waals surface area (Å²) in [4.78, 5) is 11.9. The molecule has 0 saturated heterocycles. The Morgan fingerprint density at radius 3 is 2.71 bits per heavy atom. The van der Waals surface area contributed by atoms with Gasteiger partial charge in [-0.1, -0.05) is 0 Å². The molecule has 0 atom stereocenters. The second-order valence-corrected chi connectivity index (χ2v) is 1.03. The highest BCUT2D eigenvalue weighted by Gasteiger charge is 1.87. The first-order valence-corrected chi connectivity index (χ1v) is 1.66. The van der Waals surface area contributed by atoms with E-state index in [2.05, 4.69) is 4.42 Å². The van der Waals surface area contributed by atoms with Crippen LogP contribution < -0.4 is 5.76 Å². The Morgan fingerprint density at radius 2 is 2.57 bits per heavy atom. The number of hydrogen-bond acceptors (Lipinski definition) is 3. The Kier molecular flexibility index (Phi) is 0.651. The average Bonchev–Trinajstić information content (AvgIpc) is 1.87. The van der Waals surface area contributed by atoms with Gasteiger partial charge >= 0.3 is 5.76 Å². The van der Waals surface area contributed by atoms with Crippen LogP contribution in [0.15, 0.2) is 15.5 Å². The van der Waals surface area contributed by atoms with Gasteiger partial charge in [0.25, 0.3) is 0 Å². The van der Waals surface area contributed by atoms with Crippen molar-refractivity contribution < 1.29 is 9.52 Å². The van der Waals surface area contributed by atoms with Crippen molar-refractivity contribution in [3.8, 4) is 5.88 Å². The van der Waals surface area contributed by atoms with Crippen molar-refractivity contribution in [3.63, 3.8) is 0 Å². The quantitative estimate of drug-likeness (QED) is 0.470. The van der Waals surface area contributed by atoms with E-state index in [9.17, 15) is 4.79 Å². The molecular weight excluding hydrogens is 98.0 g/mol. The van der Waals surface area contributed by atoms with Gasteiger partial charge in [-0.25, -0.2) is 4.79 Å². The summed E-state index contributed by atoms with van der Waals surface area (Å²) in [6.07, 6.45) is 0.933. The van der Waals surface area contributed by atoms with Crippen molar-refractivity contribution in [2.75, 3.05) is 0 Å². The van der Waals surface area contributed by atoms with E-state index in [1.54, 1.807) is 0 Å². The van der Waals surface area contributed by atoms with E-state index in [0.717, 1.165) is 6.26 Å². The molecular formula is C3H3NO3. The average molecular weight is 101 g/mol. The van der Waals surface area contributed by atoms with Crippen LogP contribution in [0.2, 0.25) is 0 Å². The molecule has 0 aliphatic rings. The molecule has 0 aliphatic heterocycles. The van der Waals surface area contributed by atoms with E-state index in [1.165, 1.54) is 0 Å². The van der Waals surface area contributed by atoms with E-state index in [-0.39, 0.29) is 5.88 Å². The van der Waals surface area contributed by atoms with E-state index in [1.807, 2.05) is 4.98 Å². The van der Waals surface area contributed by atoms with Gasteiger partial charge in [0.2, 0.25) is 5.88 Å². The number of hydrogen-bond donors (Lipinski definition) is 2. The van der Waals surface area contributed by atoms with Crippen molar-refractivity contribution >= 4 is 0 Å². The predicted octanol–water partition coefficient (Wildman–Crippen LogP) is -0.327. The summed E-state index contributed by atoms with van der Waals surface area (Å²) in [5.41, 5.74) is 0. The normalized spacial score (nSPS) is 9.14. The number of H-pyrrole nitrogens is 1. The standard InChI is InChI=1S/C3H3NO3/c5-2-1-7-3(6)4-2/h1,5H,(H,4,6). The van der Waals surface area contributed by atoms with Gasteiger partial charge in [0.1, 0.15) is 0 Å². The third kappa shape index (κ3) is 0.623. The van der Waals surface area contributed by atoms with Crippen molar-refractivity contribution in [3.05, 3.63) is 16.8 Å². The fraction of sp³-hybridized carbons (Fsp3) is 0. The molecule has 1 aromatic rings. The highest BCUT2D eigenvalue weighted by atomic mass is 16.4. The lowest BCUT2D eigenvalue weighted by atomic mass is 10.9. The topological polar surface area (TPSA) is 66.2 Å². The fourth-order valence-electron chi connectivity index (χ4n) is 0.273. The van der Waals surface area contributed by atoms with Crippen LogP contribution in [0.25, 0.3) is 0 Å². The summed E-state index contributed by atoms with van der Waals surface area (Å²) in [5, 5.41) is 8.30. The number of oxazole rings is 1. The molecule has 4 heteroatoms. The van der Waals surface area contributed by atoms with Crippen molar-refractivity contribution in [1.82, 2.24) is 4.98 Å². The Morgan fingerprint density at radius 1 is 1.86 bits per heavy atom. The molecule has 2 N–H and O–H groups in total. The molecule has 7 heavy (non-hydrogen) atoms. The molecule has 0 bridgehead atoms. The highest BCUT2D eigenvalue weighted by molar-refractivity contribution is 4.93. The maximum atomic E-state index is 9.91. The summed E-state index contributed by atoms with van der Waals surface area (Å²) in [6, 6.07) is 0. The van der Waals surface area contributed by atoms with Crippen LogP contribution in [0.5, 0.6) is 5.88 Å². The fourth-order valence-corrected chi connectivity index (χ4v) is 0.273. The van der Waals surface area contributed by atoms with Crippen LogP contribution in [0.3, 0.4) is 0 Å². The van der Waals surface area contributed by atoms with Gasteiger partial charge in [-0.3, -0.25) is 4.98 Å². The summed E-state index contributed by atoms with van der Waals surface area (Å²) in [7, 11) is 0. The molecule has 1 aromatic heterocycles. The van der Waals surface area contributed by atoms with E-state index < -0.39 is 5.76 Å². The van der Waals surface area contributed by atoms with Gasteiger partial charge in [-0.05, 0) is 0 Å². The number of aromatic amines is 1. The first-order valence-electron chi connectivity index (χ1n) is 1.66. The first kappa shape index (κ1) is 3.98. The van der Waals surface area contributed by atoms with Crippen molar-refractivity contribution in [2.45, 2.75) is 0 Å². The van der Waals surface area contributed by atoms with Crippen LogP contribution in [-0.2, 0) is 0 Å². The van der Waals surface area contributed by atoms with E-state index in [0.29, 0.717) is 0 Å². The molecule has 0 radical (unpaired) electrons. The third-order valence-corrected chi connectivity index (χ3v) is 0.508. The number of aromatic hydroxyl groups is 1. The molecule has 1 heterocycles. The van der Waals surface area contributed by atoms with Crippen LogP contribution in [0.1, 0.15) is 0 Å². The van der Waals surface area contributed by atoms with Gasteiger partial charge in [0.05, 0.1) is 0 Å². The molecule has 1 rings (SSSR count). The lowest BCUT2D eigenvalue weighted by Crippen LogP contribution is -1.92. The molecule has 0 spiro atoms. The van der Waals surface area contributed by atoms with Crippen molar-refractivity contribution in [2.24, 2.45) is 0 Å². The summed E-state index contributed by atoms with van der Waals surface area (Å²) in [6.45, 7) is 0. The minimum Gasteiger partial charge on any atom is -0.492 e. The zero-order valence-electron chi connectivity index (χ0n) is 3.34. The Hall–Kier alpha value is -1.19. The van der Waals surface area contributed by atoms with Crippen LogP contribution >= 0.6 is 0 Å². The van der Waals surface area contributed by atoms with Gasteiger partial charge in [-0.2, -0.15) is 0 Å². The lowest BCUT2D eigenvalue weighted by Gasteiger charge is -1.66. The summed E-state index contributed by atoms with van der Waals surface area (Å²) < 4.78 is 4.10. The Balaban J connectivity index is 3.30. The predicted molar refractivity (Wildman–Crippen MR) is 21.0 cm³/mol. The van der Waals surface area contributed by atoms with E-state index >= 15 is 0 Å². The number of aromatic nitrogens is 1. The molecule has 0 amide bonds. The highest BCUT2D eigenvalue weighted by Crippen LogP contribution is 1.93. The third-order valence-electron chi connectivity index (χ3n) is 0.508. The SMILES string of the molecule is O=c1[nH]c(O)co1. The van der Waals surface area contributed by atoms with E-state index in [4.69, 9.17) is 5.11 Å². The number of nitrogens with one attached hydrogen (secondary N) is 1. The molecule has 0 fully saturated rings. The molecule has 0 aromatic carbocycles. The minimum absolute atomic E-state index is 0.245.